The van der Waals surface area contributed by atoms with E-state index in [0.29, 0.717) is 29.0 Å². The standard InChI is InChI=1S/C19H16O6/c1-11(19(22)25-24-12(2)20)13-7-8-17-16(9-13)18(21)15-6-4-3-5-14(15)10-23-17/h3-9,11H,10H2,1-2H3. The Morgan fingerprint density at radius 1 is 1.08 bits per heavy atom. The molecular weight excluding hydrogens is 324 g/mol. The molecular formula is C19H16O6. The van der Waals surface area contributed by atoms with E-state index in [1.165, 1.54) is 0 Å². The summed E-state index contributed by atoms with van der Waals surface area (Å²) in [5.74, 6) is -1.85. The first kappa shape index (κ1) is 16.7. The monoisotopic (exact) mass is 340 g/mol. The van der Waals surface area contributed by atoms with Crippen LogP contribution >= 0.6 is 0 Å². The molecule has 0 saturated carbocycles. The normalized spacial score (nSPS) is 13.6. The third kappa shape index (κ3) is 3.38. The Morgan fingerprint density at radius 2 is 1.84 bits per heavy atom. The molecule has 0 saturated heterocycles. The number of hydrogen-bond acceptors (Lipinski definition) is 6. The summed E-state index contributed by atoms with van der Waals surface area (Å²) in [4.78, 5) is 44.2. The molecule has 3 rings (SSSR count). The van der Waals surface area contributed by atoms with Crippen LogP contribution in [0.4, 0.5) is 0 Å². The molecule has 0 aromatic heterocycles. The Kier molecular flexibility index (Phi) is 4.52. The van der Waals surface area contributed by atoms with E-state index in [4.69, 9.17) is 4.74 Å². The van der Waals surface area contributed by atoms with Gasteiger partial charge in [0.25, 0.3) is 0 Å². The highest BCUT2D eigenvalue weighted by molar-refractivity contribution is 6.12. The van der Waals surface area contributed by atoms with Crippen LogP contribution in [0.15, 0.2) is 42.5 Å². The molecule has 2 aromatic rings. The zero-order valence-corrected chi connectivity index (χ0v) is 13.8. The number of fused-ring (bicyclic) bond motifs is 2. The zero-order chi connectivity index (χ0) is 18.0. The van der Waals surface area contributed by atoms with Crippen molar-refractivity contribution in [1.29, 1.82) is 0 Å². The second-order valence-corrected chi connectivity index (χ2v) is 5.73. The van der Waals surface area contributed by atoms with Crippen molar-refractivity contribution >= 4 is 17.7 Å². The van der Waals surface area contributed by atoms with E-state index < -0.39 is 17.9 Å². The lowest BCUT2D eigenvalue weighted by atomic mass is 9.94. The van der Waals surface area contributed by atoms with Crippen LogP contribution in [0, 0.1) is 0 Å². The highest BCUT2D eigenvalue weighted by Crippen LogP contribution is 2.31. The van der Waals surface area contributed by atoms with Crippen LogP contribution in [-0.2, 0) is 26.0 Å². The predicted octanol–water partition coefficient (Wildman–Crippen LogP) is 2.93. The Labute approximate surface area is 144 Å². The van der Waals surface area contributed by atoms with Crippen molar-refractivity contribution in [2.75, 3.05) is 0 Å². The molecule has 6 nitrogen and oxygen atoms in total. The quantitative estimate of drug-likeness (QED) is 0.618. The van der Waals surface area contributed by atoms with Crippen LogP contribution in [0.2, 0.25) is 0 Å². The first-order valence-corrected chi connectivity index (χ1v) is 7.75. The molecule has 128 valence electrons. The van der Waals surface area contributed by atoms with Crippen molar-refractivity contribution in [2.24, 2.45) is 0 Å². The van der Waals surface area contributed by atoms with Gasteiger partial charge < -0.3 is 4.74 Å². The number of hydrogen-bond donors (Lipinski definition) is 0. The number of rotatable bonds is 2. The van der Waals surface area contributed by atoms with Gasteiger partial charge in [-0.15, -0.1) is 0 Å². The molecule has 6 heteroatoms. The molecule has 0 amide bonds. The van der Waals surface area contributed by atoms with Crippen LogP contribution in [0.3, 0.4) is 0 Å². The van der Waals surface area contributed by atoms with Gasteiger partial charge in [0, 0.05) is 18.1 Å². The van der Waals surface area contributed by atoms with Crippen LogP contribution < -0.4 is 4.74 Å². The Hall–Kier alpha value is -3.15. The molecule has 25 heavy (non-hydrogen) atoms. The molecule has 0 radical (unpaired) electrons. The molecule has 1 unspecified atom stereocenters. The first-order chi connectivity index (χ1) is 12.0. The summed E-state index contributed by atoms with van der Waals surface area (Å²) in [5.41, 5.74) is 2.34. The maximum Gasteiger partial charge on any atom is 0.362 e. The minimum absolute atomic E-state index is 0.162. The van der Waals surface area contributed by atoms with Gasteiger partial charge in [-0.1, -0.05) is 30.3 Å². The van der Waals surface area contributed by atoms with Gasteiger partial charge in [-0.3, -0.25) is 4.79 Å². The van der Waals surface area contributed by atoms with Crippen LogP contribution in [0.1, 0.15) is 46.8 Å². The van der Waals surface area contributed by atoms with Gasteiger partial charge in [0.15, 0.2) is 5.78 Å². The molecule has 0 spiro atoms. The van der Waals surface area contributed by atoms with Crippen molar-refractivity contribution in [3.8, 4) is 5.75 Å². The number of ketones is 1. The highest BCUT2D eigenvalue weighted by atomic mass is 17.2. The van der Waals surface area contributed by atoms with Gasteiger partial charge in [-0.2, -0.15) is 0 Å². The summed E-state index contributed by atoms with van der Waals surface area (Å²) < 4.78 is 5.71. The van der Waals surface area contributed by atoms with E-state index in [-0.39, 0.29) is 5.78 Å². The van der Waals surface area contributed by atoms with Gasteiger partial charge in [-0.25, -0.2) is 19.4 Å². The SMILES string of the molecule is CC(=O)OOC(=O)C(C)c1ccc2c(c1)C(=O)c1ccccc1CO2. The molecule has 1 atom stereocenters. The van der Waals surface area contributed by atoms with Gasteiger partial charge >= 0.3 is 11.9 Å². The molecule has 0 fully saturated rings. The number of benzene rings is 2. The van der Waals surface area contributed by atoms with Gasteiger partial charge in [0.2, 0.25) is 0 Å². The first-order valence-electron chi connectivity index (χ1n) is 7.75. The fourth-order valence-corrected chi connectivity index (χ4v) is 2.60. The lowest BCUT2D eigenvalue weighted by molar-refractivity contribution is -0.258. The van der Waals surface area contributed by atoms with E-state index >= 15 is 0 Å². The van der Waals surface area contributed by atoms with Gasteiger partial charge in [0.1, 0.15) is 12.4 Å². The second kappa shape index (κ2) is 6.76. The predicted molar refractivity (Wildman–Crippen MR) is 86.9 cm³/mol. The van der Waals surface area contributed by atoms with E-state index in [1.54, 1.807) is 37.3 Å². The largest absolute Gasteiger partial charge is 0.488 e. The Balaban J connectivity index is 1.91. The lowest BCUT2D eigenvalue weighted by Gasteiger charge is -2.12. The van der Waals surface area contributed by atoms with Crippen molar-refractivity contribution in [2.45, 2.75) is 26.4 Å². The highest BCUT2D eigenvalue weighted by Gasteiger charge is 2.25. The van der Waals surface area contributed by atoms with E-state index in [0.717, 1.165) is 12.5 Å². The molecule has 0 bridgehead atoms. The van der Waals surface area contributed by atoms with Crippen LogP contribution in [0.25, 0.3) is 0 Å². The Bertz CT molecular complexity index is 855. The van der Waals surface area contributed by atoms with Crippen molar-refractivity contribution in [3.63, 3.8) is 0 Å². The van der Waals surface area contributed by atoms with Crippen molar-refractivity contribution in [3.05, 3.63) is 64.7 Å². The summed E-state index contributed by atoms with van der Waals surface area (Å²) in [7, 11) is 0. The zero-order valence-electron chi connectivity index (χ0n) is 13.8. The maximum absolute atomic E-state index is 12.8. The van der Waals surface area contributed by atoms with Gasteiger partial charge in [-0.05, 0) is 24.6 Å². The number of carbonyl (C=O) groups is 3. The van der Waals surface area contributed by atoms with E-state index in [1.807, 2.05) is 12.1 Å². The maximum atomic E-state index is 12.8. The van der Waals surface area contributed by atoms with Crippen LogP contribution in [-0.4, -0.2) is 17.7 Å². The molecule has 0 N–H and O–H groups in total. The molecule has 1 heterocycles. The average molecular weight is 340 g/mol. The summed E-state index contributed by atoms with van der Waals surface area (Å²) in [6.45, 7) is 3.04. The minimum Gasteiger partial charge on any atom is -0.488 e. The fraction of sp³-hybridized carbons (Fsp3) is 0.211. The smallest absolute Gasteiger partial charge is 0.362 e. The second-order valence-electron chi connectivity index (χ2n) is 5.73. The lowest BCUT2D eigenvalue weighted by Crippen LogP contribution is -2.16. The summed E-state index contributed by atoms with van der Waals surface area (Å²) in [6.07, 6.45) is 0. The van der Waals surface area contributed by atoms with E-state index in [2.05, 4.69) is 9.78 Å². The number of ether oxygens (including phenoxy) is 1. The van der Waals surface area contributed by atoms with Gasteiger partial charge in [0.05, 0.1) is 11.5 Å². The molecule has 1 aliphatic heterocycles. The third-order valence-corrected chi connectivity index (χ3v) is 3.99. The van der Waals surface area contributed by atoms with Crippen molar-refractivity contribution in [1.82, 2.24) is 0 Å². The fourth-order valence-electron chi connectivity index (χ4n) is 2.60. The minimum atomic E-state index is -0.725. The summed E-state index contributed by atoms with van der Waals surface area (Å²) in [6, 6.07) is 12.2. The Morgan fingerprint density at radius 3 is 2.60 bits per heavy atom. The summed E-state index contributed by atoms with van der Waals surface area (Å²) >= 11 is 0. The number of carbonyl (C=O) groups excluding carboxylic acids is 3. The van der Waals surface area contributed by atoms with Crippen LogP contribution in [0.5, 0.6) is 5.75 Å². The summed E-state index contributed by atoms with van der Waals surface area (Å²) in [5, 5.41) is 0. The topological polar surface area (TPSA) is 78.9 Å². The van der Waals surface area contributed by atoms with E-state index in [9.17, 15) is 14.4 Å². The third-order valence-electron chi connectivity index (χ3n) is 3.99. The average Bonchev–Trinajstić information content (AvgIpc) is 2.76. The molecule has 1 aliphatic rings. The molecule has 0 aliphatic carbocycles. The molecule has 2 aromatic carbocycles. The van der Waals surface area contributed by atoms with Crippen molar-refractivity contribution < 1.29 is 28.9 Å².